The van der Waals surface area contributed by atoms with Crippen LogP contribution in [0, 0.1) is 6.92 Å². The van der Waals surface area contributed by atoms with E-state index >= 15 is 0 Å². The standard InChI is InChI=1S/C16H18N2O3/c1-10-15(16(19)18-17)8-14(21-10)9-20-13-6-5-11-3-2-4-12(11)7-13/h5-8H,2-4,9,17H2,1H3,(H,18,19). The van der Waals surface area contributed by atoms with Gasteiger partial charge < -0.3 is 9.15 Å². The second-order valence-electron chi connectivity index (χ2n) is 5.23. The quantitative estimate of drug-likeness (QED) is 0.513. The number of nitrogens with one attached hydrogen (secondary N) is 1. The van der Waals surface area contributed by atoms with Crippen LogP contribution in [0.3, 0.4) is 0 Å². The molecule has 3 N–H and O–H groups in total. The molecule has 0 fully saturated rings. The van der Waals surface area contributed by atoms with Crippen molar-refractivity contribution in [1.82, 2.24) is 5.43 Å². The number of carbonyl (C=O) groups is 1. The first-order chi connectivity index (χ1) is 10.2. The lowest BCUT2D eigenvalue weighted by molar-refractivity contribution is 0.0952. The second-order valence-corrected chi connectivity index (χ2v) is 5.23. The average Bonchev–Trinajstić information content (AvgIpc) is 3.10. The number of nitrogens with two attached hydrogens (primary N) is 1. The van der Waals surface area contributed by atoms with Gasteiger partial charge in [-0.25, -0.2) is 5.84 Å². The molecule has 0 radical (unpaired) electrons. The van der Waals surface area contributed by atoms with E-state index in [0.29, 0.717) is 17.1 Å². The van der Waals surface area contributed by atoms with Gasteiger partial charge in [0.25, 0.3) is 5.91 Å². The summed E-state index contributed by atoms with van der Waals surface area (Å²) in [7, 11) is 0. The van der Waals surface area contributed by atoms with E-state index in [0.717, 1.165) is 18.6 Å². The van der Waals surface area contributed by atoms with Gasteiger partial charge in [-0.15, -0.1) is 0 Å². The van der Waals surface area contributed by atoms with E-state index in [-0.39, 0.29) is 12.5 Å². The Morgan fingerprint density at radius 2 is 2.14 bits per heavy atom. The SMILES string of the molecule is Cc1oc(COc2ccc3c(c2)CCC3)cc1C(=O)NN. The first-order valence-electron chi connectivity index (χ1n) is 7.02. The van der Waals surface area contributed by atoms with Crippen molar-refractivity contribution in [2.75, 3.05) is 0 Å². The van der Waals surface area contributed by atoms with Crippen LogP contribution in [0.5, 0.6) is 5.75 Å². The summed E-state index contributed by atoms with van der Waals surface area (Å²) in [6, 6.07) is 7.85. The molecule has 5 nitrogen and oxygen atoms in total. The summed E-state index contributed by atoms with van der Waals surface area (Å²) >= 11 is 0. The van der Waals surface area contributed by atoms with Gasteiger partial charge in [0.1, 0.15) is 23.9 Å². The van der Waals surface area contributed by atoms with Gasteiger partial charge in [-0.1, -0.05) is 6.07 Å². The number of rotatable bonds is 4. The average molecular weight is 286 g/mol. The molecule has 1 aromatic heterocycles. The van der Waals surface area contributed by atoms with E-state index in [9.17, 15) is 4.79 Å². The molecule has 1 amide bonds. The molecule has 1 heterocycles. The van der Waals surface area contributed by atoms with Crippen molar-refractivity contribution in [3.05, 3.63) is 52.5 Å². The van der Waals surface area contributed by atoms with Crippen LogP contribution in [0.15, 0.2) is 28.7 Å². The number of furan rings is 1. The van der Waals surface area contributed by atoms with Crippen LogP contribution in [0.2, 0.25) is 0 Å². The molecule has 0 saturated heterocycles. The molecule has 0 saturated carbocycles. The Labute approximate surface area is 123 Å². The van der Waals surface area contributed by atoms with Crippen molar-refractivity contribution < 1.29 is 13.9 Å². The fourth-order valence-electron chi connectivity index (χ4n) is 2.71. The molecule has 1 aliphatic carbocycles. The minimum absolute atomic E-state index is 0.289. The topological polar surface area (TPSA) is 77.5 Å². The number of fused-ring (bicyclic) bond motifs is 1. The van der Waals surface area contributed by atoms with Crippen molar-refractivity contribution in [3.8, 4) is 5.75 Å². The molecule has 0 spiro atoms. The maximum absolute atomic E-state index is 11.5. The molecule has 110 valence electrons. The fraction of sp³-hybridized carbons (Fsp3) is 0.312. The summed E-state index contributed by atoms with van der Waals surface area (Å²) in [5, 5.41) is 0. The minimum atomic E-state index is -0.361. The van der Waals surface area contributed by atoms with Crippen LogP contribution >= 0.6 is 0 Å². The molecule has 1 aromatic carbocycles. The van der Waals surface area contributed by atoms with Crippen LogP contribution in [-0.4, -0.2) is 5.91 Å². The summed E-state index contributed by atoms with van der Waals surface area (Å²) < 4.78 is 11.3. The number of amides is 1. The normalized spacial score (nSPS) is 13.0. The van der Waals surface area contributed by atoms with Gasteiger partial charge in [-0.2, -0.15) is 0 Å². The number of ether oxygens (including phenoxy) is 1. The summed E-state index contributed by atoms with van der Waals surface area (Å²) in [6.07, 6.45) is 3.49. The number of nitrogen functional groups attached to an aromatic ring is 1. The number of carbonyl (C=O) groups excluding carboxylic acids is 1. The Kier molecular flexibility index (Phi) is 3.66. The molecule has 2 aromatic rings. The largest absolute Gasteiger partial charge is 0.486 e. The van der Waals surface area contributed by atoms with Crippen LogP contribution in [0.25, 0.3) is 0 Å². The third kappa shape index (κ3) is 2.78. The Morgan fingerprint density at radius 1 is 1.33 bits per heavy atom. The maximum atomic E-state index is 11.5. The van der Waals surface area contributed by atoms with Gasteiger partial charge in [0, 0.05) is 0 Å². The summed E-state index contributed by atoms with van der Waals surface area (Å²) in [4.78, 5) is 11.5. The van der Waals surface area contributed by atoms with Crippen molar-refractivity contribution >= 4 is 5.91 Å². The second kappa shape index (κ2) is 5.61. The molecule has 0 unspecified atom stereocenters. The van der Waals surface area contributed by atoms with E-state index in [4.69, 9.17) is 15.0 Å². The Morgan fingerprint density at radius 3 is 2.95 bits per heavy atom. The molecule has 0 aliphatic heterocycles. The van der Waals surface area contributed by atoms with E-state index in [2.05, 4.69) is 17.6 Å². The van der Waals surface area contributed by atoms with Crippen molar-refractivity contribution in [2.45, 2.75) is 32.8 Å². The number of aryl methyl sites for hydroxylation is 3. The highest BCUT2D eigenvalue weighted by Gasteiger charge is 2.15. The van der Waals surface area contributed by atoms with E-state index in [1.165, 1.54) is 17.5 Å². The number of benzene rings is 1. The van der Waals surface area contributed by atoms with Gasteiger partial charge >= 0.3 is 0 Å². The third-order valence-corrected chi connectivity index (χ3v) is 3.80. The summed E-state index contributed by atoms with van der Waals surface area (Å²) in [6.45, 7) is 2.01. The van der Waals surface area contributed by atoms with Gasteiger partial charge in [-0.3, -0.25) is 10.2 Å². The lowest BCUT2D eigenvalue weighted by Gasteiger charge is -2.06. The van der Waals surface area contributed by atoms with Crippen LogP contribution in [0.4, 0.5) is 0 Å². The summed E-state index contributed by atoms with van der Waals surface area (Å²) in [5.74, 6) is 6.73. The first kappa shape index (κ1) is 13.7. The highest BCUT2D eigenvalue weighted by molar-refractivity contribution is 5.94. The Bertz CT molecular complexity index is 676. The lowest BCUT2D eigenvalue weighted by atomic mass is 10.1. The molecular weight excluding hydrogens is 268 g/mol. The van der Waals surface area contributed by atoms with Crippen LogP contribution in [-0.2, 0) is 19.4 Å². The third-order valence-electron chi connectivity index (χ3n) is 3.80. The molecule has 5 heteroatoms. The van der Waals surface area contributed by atoms with Crippen molar-refractivity contribution in [3.63, 3.8) is 0 Å². The Hall–Kier alpha value is -2.27. The molecule has 21 heavy (non-hydrogen) atoms. The van der Waals surface area contributed by atoms with Crippen molar-refractivity contribution in [2.24, 2.45) is 5.84 Å². The maximum Gasteiger partial charge on any atom is 0.268 e. The molecule has 1 aliphatic rings. The zero-order valence-corrected chi connectivity index (χ0v) is 11.9. The van der Waals surface area contributed by atoms with E-state index in [1.807, 2.05) is 6.07 Å². The van der Waals surface area contributed by atoms with Gasteiger partial charge in [-0.05, 0) is 55.5 Å². The minimum Gasteiger partial charge on any atom is -0.486 e. The molecule has 3 rings (SSSR count). The molecular formula is C16H18N2O3. The van der Waals surface area contributed by atoms with Gasteiger partial charge in [0.2, 0.25) is 0 Å². The first-order valence-corrected chi connectivity index (χ1v) is 7.02. The highest BCUT2D eigenvalue weighted by Crippen LogP contribution is 2.26. The number of hydrogen-bond donors (Lipinski definition) is 2. The van der Waals surface area contributed by atoms with Crippen molar-refractivity contribution in [1.29, 1.82) is 0 Å². The van der Waals surface area contributed by atoms with Crippen LogP contribution < -0.4 is 16.0 Å². The Balaban J connectivity index is 1.69. The number of hydrogen-bond acceptors (Lipinski definition) is 4. The lowest BCUT2D eigenvalue weighted by Crippen LogP contribution is -2.30. The molecule has 0 bridgehead atoms. The highest BCUT2D eigenvalue weighted by atomic mass is 16.5. The monoisotopic (exact) mass is 286 g/mol. The van der Waals surface area contributed by atoms with E-state index in [1.54, 1.807) is 13.0 Å². The number of hydrazine groups is 1. The van der Waals surface area contributed by atoms with Crippen LogP contribution in [0.1, 0.15) is 39.4 Å². The van der Waals surface area contributed by atoms with Gasteiger partial charge in [0.15, 0.2) is 0 Å². The predicted molar refractivity (Wildman–Crippen MR) is 77.9 cm³/mol. The smallest absolute Gasteiger partial charge is 0.268 e. The zero-order chi connectivity index (χ0) is 14.8. The van der Waals surface area contributed by atoms with E-state index < -0.39 is 0 Å². The predicted octanol–water partition coefficient (Wildman–Crippen LogP) is 2.26. The molecule has 0 atom stereocenters. The fourth-order valence-corrected chi connectivity index (χ4v) is 2.71. The summed E-state index contributed by atoms with van der Waals surface area (Å²) in [5.41, 5.74) is 5.31. The van der Waals surface area contributed by atoms with Gasteiger partial charge in [0.05, 0.1) is 5.56 Å². The zero-order valence-electron chi connectivity index (χ0n) is 11.9.